The van der Waals surface area contributed by atoms with Gasteiger partial charge >= 0.3 is 0 Å². The summed E-state index contributed by atoms with van der Waals surface area (Å²) in [7, 11) is 0. The van der Waals surface area contributed by atoms with Crippen LogP contribution >= 0.6 is 11.6 Å². The second-order valence-electron chi connectivity index (χ2n) is 6.91. The Bertz CT molecular complexity index is 803. The number of rotatable bonds is 6. The Morgan fingerprint density at radius 3 is 2.48 bits per heavy atom. The topological polar surface area (TPSA) is 58.6 Å². The van der Waals surface area contributed by atoms with E-state index in [1.807, 2.05) is 50.2 Å². The molecule has 0 aromatic heterocycles. The molecule has 1 atom stereocenters. The maximum atomic E-state index is 12.4. The SMILES string of the molecule is CC(C)Oc1ccc(N2C[C@H](C(=O)NCc3ccc(Cl)cc3)CC2=O)cc1. The number of halogens is 1. The minimum Gasteiger partial charge on any atom is -0.491 e. The number of anilines is 1. The van der Waals surface area contributed by atoms with Gasteiger partial charge in [0.1, 0.15) is 5.75 Å². The van der Waals surface area contributed by atoms with Crippen LogP contribution in [-0.4, -0.2) is 24.5 Å². The average Bonchev–Trinajstić information content (AvgIpc) is 3.03. The van der Waals surface area contributed by atoms with Gasteiger partial charge in [-0.25, -0.2) is 0 Å². The number of nitrogens with one attached hydrogen (secondary N) is 1. The predicted octanol–water partition coefficient (Wildman–Crippen LogP) is 3.80. The highest BCUT2D eigenvalue weighted by atomic mass is 35.5. The first-order valence-electron chi connectivity index (χ1n) is 9.01. The first kappa shape index (κ1) is 19.2. The van der Waals surface area contributed by atoms with E-state index < -0.39 is 0 Å². The Morgan fingerprint density at radius 2 is 1.85 bits per heavy atom. The molecule has 0 saturated carbocycles. The monoisotopic (exact) mass is 386 g/mol. The summed E-state index contributed by atoms with van der Waals surface area (Å²) in [6.45, 7) is 4.73. The Kier molecular flexibility index (Phi) is 6.01. The summed E-state index contributed by atoms with van der Waals surface area (Å²) in [6.07, 6.45) is 0.314. The number of carbonyl (C=O) groups excluding carboxylic acids is 2. The van der Waals surface area contributed by atoms with Gasteiger partial charge in [-0.3, -0.25) is 9.59 Å². The molecule has 2 aromatic carbocycles. The third kappa shape index (κ3) is 5.01. The zero-order valence-corrected chi connectivity index (χ0v) is 16.2. The molecule has 3 rings (SSSR count). The van der Waals surface area contributed by atoms with Crippen molar-refractivity contribution in [1.82, 2.24) is 5.32 Å². The molecule has 2 aromatic rings. The summed E-state index contributed by atoms with van der Waals surface area (Å²) < 4.78 is 5.62. The summed E-state index contributed by atoms with van der Waals surface area (Å²) in [5.41, 5.74) is 1.75. The molecule has 0 spiro atoms. The Morgan fingerprint density at radius 1 is 1.19 bits per heavy atom. The summed E-state index contributed by atoms with van der Waals surface area (Å²) in [6, 6.07) is 14.7. The van der Waals surface area contributed by atoms with E-state index in [0.29, 0.717) is 18.1 Å². The maximum absolute atomic E-state index is 12.4. The molecule has 1 N–H and O–H groups in total. The number of benzene rings is 2. The lowest BCUT2D eigenvalue weighted by Gasteiger charge is -2.18. The molecule has 1 fully saturated rings. The second kappa shape index (κ2) is 8.44. The fourth-order valence-corrected chi connectivity index (χ4v) is 3.17. The highest BCUT2D eigenvalue weighted by molar-refractivity contribution is 6.30. The molecule has 1 aliphatic heterocycles. The van der Waals surface area contributed by atoms with E-state index in [-0.39, 0.29) is 30.3 Å². The van der Waals surface area contributed by atoms with Crippen molar-refractivity contribution in [3.05, 3.63) is 59.1 Å². The minimum atomic E-state index is -0.351. The molecule has 142 valence electrons. The van der Waals surface area contributed by atoms with Crippen LogP contribution in [0.2, 0.25) is 5.02 Å². The van der Waals surface area contributed by atoms with Crippen molar-refractivity contribution >= 4 is 29.1 Å². The lowest BCUT2D eigenvalue weighted by atomic mass is 10.1. The van der Waals surface area contributed by atoms with Crippen LogP contribution < -0.4 is 15.0 Å². The van der Waals surface area contributed by atoms with E-state index in [2.05, 4.69) is 5.32 Å². The van der Waals surface area contributed by atoms with Crippen molar-refractivity contribution in [2.24, 2.45) is 5.92 Å². The number of hydrogen-bond donors (Lipinski definition) is 1. The highest BCUT2D eigenvalue weighted by Gasteiger charge is 2.35. The average molecular weight is 387 g/mol. The van der Waals surface area contributed by atoms with Crippen molar-refractivity contribution in [3.8, 4) is 5.75 Å². The molecule has 5 nitrogen and oxygen atoms in total. The molecule has 1 saturated heterocycles. The molecule has 2 amide bonds. The Hall–Kier alpha value is -2.53. The van der Waals surface area contributed by atoms with Crippen LogP contribution in [0.4, 0.5) is 5.69 Å². The third-order valence-corrected chi connectivity index (χ3v) is 4.65. The number of amides is 2. The first-order valence-corrected chi connectivity index (χ1v) is 9.39. The van der Waals surface area contributed by atoms with Crippen LogP contribution in [0, 0.1) is 5.92 Å². The van der Waals surface area contributed by atoms with E-state index in [1.54, 1.807) is 17.0 Å². The quantitative estimate of drug-likeness (QED) is 0.821. The lowest BCUT2D eigenvalue weighted by molar-refractivity contribution is -0.126. The summed E-state index contributed by atoms with van der Waals surface area (Å²) in [5, 5.41) is 3.56. The molecule has 27 heavy (non-hydrogen) atoms. The van der Waals surface area contributed by atoms with E-state index in [1.165, 1.54) is 0 Å². The van der Waals surface area contributed by atoms with Crippen LogP contribution in [0.15, 0.2) is 48.5 Å². The van der Waals surface area contributed by atoms with Crippen molar-refractivity contribution < 1.29 is 14.3 Å². The number of hydrogen-bond acceptors (Lipinski definition) is 3. The Labute approximate surface area is 164 Å². The van der Waals surface area contributed by atoms with Crippen molar-refractivity contribution in [2.75, 3.05) is 11.4 Å². The van der Waals surface area contributed by atoms with Gasteiger partial charge in [0, 0.05) is 30.2 Å². The lowest BCUT2D eigenvalue weighted by Crippen LogP contribution is -2.32. The largest absolute Gasteiger partial charge is 0.491 e. The molecule has 0 bridgehead atoms. The molecule has 0 radical (unpaired) electrons. The smallest absolute Gasteiger partial charge is 0.227 e. The van der Waals surface area contributed by atoms with E-state index in [9.17, 15) is 9.59 Å². The van der Waals surface area contributed by atoms with Crippen molar-refractivity contribution in [3.63, 3.8) is 0 Å². The zero-order chi connectivity index (χ0) is 19.4. The molecule has 0 unspecified atom stereocenters. The van der Waals surface area contributed by atoms with Crippen LogP contribution in [0.1, 0.15) is 25.8 Å². The van der Waals surface area contributed by atoms with Gasteiger partial charge in [-0.05, 0) is 55.8 Å². The normalized spacial score (nSPS) is 16.7. The van der Waals surface area contributed by atoms with Gasteiger partial charge in [0.25, 0.3) is 0 Å². The van der Waals surface area contributed by atoms with Gasteiger partial charge in [-0.2, -0.15) is 0 Å². The fraction of sp³-hybridized carbons (Fsp3) is 0.333. The molecule has 6 heteroatoms. The minimum absolute atomic E-state index is 0.0424. The molecular formula is C21H23ClN2O3. The number of ether oxygens (including phenoxy) is 1. The molecule has 1 heterocycles. The van der Waals surface area contributed by atoms with E-state index in [0.717, 1.165) is 17.0 Å². The maximum Gasteiger partial charge on any atom is 0.227 e. The van der Waals surface area contributed by atoms with Gasteiger partial charge < -0.3 is 15.0 Å². The van der Waals surface area contributed by atoms with Gasteiger partial charge in [0.05, 0.1) is 12.0 Å². The molecular weight excluding hydrogens is 364 g/mol. The first-order chi connectivity index (χ1) is 12.9. The van der Waals surface area contributed by atoms with Gasteiger partial charge in [-0.15, -0.1) is 0 Å². The van der Waals surface area contributed by atoms with Gasteiger partial charge in [0.2, 0.25) is 11.8 Å². The van der Waals surface area contributed by atoms with Crippen molar-refractivity contribution in [1.29, 1.82) is 0 Å². The summed E-state index contributed by atoms with van der Waals surface area (Å²) in [5.74, 6) is 0.258. The zero-order valence-electron chi connectivity index (χ0n) is 15.4. The summed E-state index contributed by atoms with van der Waals surface area (Å²) in [4.78, 5) is 26.5. The summed E-state index contributed by atoms with van der Waals surface area (Å²) >= 11 is 5.86. The second-order valence-corrected chi connectivity index (χ2v) is 7.35. The van der Waals surface area contributed by atoms with Crippen LogP contribution in [0.5, 0.6) is 5.75 Å². The van der Waals surface area contributed by atoms with Crippen molar-refractivity contribution in [2.45, 2.75) is 32.9 Å². The van der Waals surface area contributed by atoms with Crippen LogP contribution in [0.3, 0.4) is 0 Å². The Balaban J connectivity index is 1.57. The number of nitrogens with zero attached hydrogens (tertiary/aromatic N) is 1. The van der Waals surface area contributed by atoms with Gasteiger partial charge in [-0.1, -0.05) is 23.7 Å². The predicted molar refractivity (Wildman–Crippen MR) is 106 cm³/mol. The van der Waals surface area contributed by atoms with E-state index >= 15 is 0 Å². The van der Waals surface area contributed by atoms with Crippen LogP contribution in [0.25, 0.3) is 0 Å². The molecule has 1 aliphatic rings. The van der Waals surface area contributed by atoms with Gasteiger partial charge in [0.15, 0.2) is 0 Å². The number of carbonyl (C=O) groups is 2. The fourth-order valence-electron chi connectivity index (χ4n) is 3.05. The highest BCUT2D eigenvalue weighted by Crippen LogP contribution is 2.27. The van der Waals surface area contributed by atoms with E-state index in [4.69, 9.17) is 16.3 Å². The third-order valence-electron chi connectivity index (χ3n) is 4.40. The van der Waals surface area contributed by atoms with Crippen LogP contribution in [-0.2, 0) is 16.1 Å². The molecule has 0 aliphatic carbocycles. The standard InChI is InChI=1S/C21H23ClN2O3/c1-14(2)27-19-9-7-18(8-10-19)24-13-16(11-20(24)25)21(26)23-12-15-3-5-17(22)6-4-15/h3-10,14,16H,11-13H2,1-2H3,(H,23,26)/t16-/m1/s1.